The standard InChI is InChI=1S/C83H56N2/c1-83(2)77-47-53(27-31-57-35-43-67(69-21-9-7-19-65(57)69)61-37-45-81-75(51-61)73-23-11-13-25-79(73)84(81)63-39-33-55-15-3-5-17-59(55)49-63)29-41-71(77)72-42-30-54(48-78(72)83)28-32-58-36-44-68(70-22-10-8-20-66(58)70)62-38-46-82-76(52-62)74-24-12-14-26-80(74)85(82)64-40-34-56-16-4-6-18-60(56)50-64/h3-52H,1-2H3/b31-27+,32-28+. The minimum atomic E-state index is -0.174. The molecule has 0 aliphatic heterocycles. The SMILES string of the molecule is CC1(C)c2cc(/C=C/c3ccc(-c4ccc5c(c4)c4ccccc4n5-c4ccc5ccccc5c4)c4ccccc34)ccc2-c2ccc(/C=C/c3ccc(-c4ccc5c(c4)c4ccccc4n5-c4ccc5ccccc5c4)c4ccccc34)cc21. The lowest BCUT2D eigenvalue weighted by Crippen LogP contribution is -2.15. The first-order valence-electron chi connectivity index (χ1n) is 29.6. The predicted octanol–water partition coefficient (Wildman–Crippen LogP) is 22.5. The largest absolute Gasteiger partial charge is 0.309 e. The van der Waals surface area contributed by atoms with E-state index in [0.717, 1.165) is 0 Å². The molecule has 17 rings (SSSR count). The number of benzene rings is 14. The molecule has 85 heavy (non-hydrogen) atoms. The van der Waals surface area contributed by atoms with Gasteiger partial charge in [0.2, 0.25) is 0 Å². The Kier molecular flexibility index (Phi) is 11.0. The van der Waals surface area contributed by atoms with Crippen molar-refractivity contribution in [2.75, 3.05) is 0 Å². The van der Waals surface area contributed by atoms with Crippen molar-refractivity contribution in [3.05, 3.63) is 312 Å². The number of hydrogen-bond donors (Lipinski definition) is 0. The van der Waals surface area contributed by atoms with Crippen molar-refractivity contribution in [2.24, 2.45) is 0 Å². The third kappa shape index (κ3) is 7.87. The molecule has 0 radical (unpaired) electrons. The van der Waals surface area contributed by atoms with Gasteiger partial charge in [-0.3, -0.25) is 0 Å². The summed E-state index contributed by atoms with van der Waals surface area (Å²) in [5.74, 6) is 0. The molecule has 16 aromatic rings. The minimum absolute atomic E-state index is 0.174. The molecule has 0 saturated heterocycles. The average molecular weight is 1080 g/mol. The maximum Gasteiger partial charge on any atom is 0.0541 e. The van der Waals surface area contributed by atoms with Gasteiger partial charge in [0.25, 0.3) is 0 Å². The van der Waals surface area contributed by atoms with E-state index < -0.39 is 0 Å². The maximum absolute atomic E-state index is 2.42. The van der Waals surface area contributed by atoms with E-state index in [-0.39, 0.29) is 5.41 Å². The lowest BCUT2D eigenvalue weighted by molar-refractivity contribution is 0.660. The molecule has 0 N–H and O–H groups in total. The van der Waals surface area contributed by atoms with Gasteiger partial charge >= 0.3 is 0 Å². The lowest BCUT2D eigenvalue weighted by atomic mass is 9.81. The van der Waals surface area contributed by atoms with E-state index in [0.29, 0.717) is 0 Å². The summed E-state index contributed by atoms with van der Waals surface area (Å²) in [6.45, 7) is 4.77. The van der Waals surface area contributed by atoms with Gasteiger partial charge in [0, 0.05) is 38.3 Å². The summed E-state index contributed by atoms with van der Waals surface area (Å²) < 4.78 is 4.83. The van der Waals surface area contributed by atoms with Crippen molar-refractivity contribution >= 4 is 111 Å². The Hall–Kier alpha value is -10.8. The van der Waals surface area contributed by atoms with Gasteiger partial charge in [0.15, 0.2) is 0 Å². The first-order valence-corrected chi connectivity index (χ1v) is 29.6. The zero-order chi connectivity index (χ0) is 56.3. The van der Waals surface area contributed by atoms with Crippen molar-refractivity contribution in [2.45, 2.75) is 19.3 Å². The highest BCUT2D eigenvalue weighted by Crippen LogP contribution is 2.50. The number of para-hydroxylation sites is 2. The fraction of sp³-hybridized carbons (Fsp3) is 0.0361. The first-order chi connectivity index (χ1) is 41.9. The van der Waals surface area contributed by atoms with Crippen LogP contribution in [0, 0.1) is 0 Å². The molecule has 2 aromatic heterocycles. The van der Waals surface area contributed by atoms with Crippen LogP contribution in [0.1, 0.15) is 47.2 Å². The van der Waals surface area contributed by atoms with Gasteiger partial charge in [-0.05, 0) is 171 Å². The fourth-order valence-corrected chi connectivity index (χ4v) is 14.3. The third-order valence-electron chi connectivity index (χ3n) is 18.5. The van der Waals surface area contributed by atoms with Crippen LogP contribution < -0.4 is 0 Å². The van der Waals surface area contributed by atoms with E-state index in [2.05, 4.69) is 326 Å². The summed E-state index contributed by atoms with van der Waals surface area (Å²) in [6, 6.07) is 103. The molecule has 0 unspecified atom stereocenters. The summed E-state index contributed by atoms with van der Waals surface area (Å²) in [5, 5.41) is 15.0. The Bertz CT molecular complexity index is 5180. The second kappa shape index (κ2) is 19.1. The number of rotatable bonds is 8. The Balaban J connectivity index is 0.650. The second-order valence-electron chi connectivity index (χ2n) is 23.6. The summed E-state index contributed by atoms with van der Waals surface area (Å²) in [7, 11) is 0. The van der Waals surface area contributed by atoms with Crippen LogP contribution in [0.3, 0.4) is 0 Å². The smallest absolute Gasteiger partial charge is 0.0541 e. The van der Waals surface area contributed by atoms with E-state index in [4.69, 9.17) is 0 Å². The summed E-state index contributed by atoms with van der Waals surface area (Å²) in [6.07, 6.45) is 9.19. The topological polar surface area (TPSA) is 9.86 Å². The number of hydrogen-bond acceptors (Lipinski definition) is 0. The van der Waals surface area contributed by atoms with Crippen LogP contribution in [-0.2, 0) is 5.41 Å². The lowest BCUT2D eigenvalue weighted by Gasteiger charge is -2.22. The van der Waals surface area contributed by atoms with E-state index in [1.807, 2.05) is 0 Å². The molecule has 2 heterocycles. The van der Waals surface area contributed by atoms with Gasteiger partial charge < -0.3 is 9.13 Å². The van der Waals surface area contributed by atoms with Gasteiger partial charge in [-0.15, -0.1) is 0 Å². The van der Waals surface area contributed by atoms with Gasteiger partial charge in [-0.25, -0.2) is 0 Å². The highest BCUT2D eigenvalue weighted by atomic mass is 15.0. The number of nitrogens with zero attached hydrogens (tertiary/aromatic N) is 2. The quantitative estimate of drug-likeness (QED) is 0.134. The Morgan fingerprint density at radius 2 is 0.635 bits per heavy atom. The molecular weight excluding hydrogens is 1020 g/mol. The van der Waals surface area contributed by atoms with Crippen LogP contribution in [-0.4, -0.2) is 9.13 Å². The molecule has 0 atom stereocenters. The summed E-state index contributed by atoms with van der Waals surface area (Å²) in [5.41, 5.74) is 22.1. The molecule has 0 bridgehead atoms. The van der Waals surface area contributed by atoms with Crippen molar-refractivity contribution < 1.29 is 0 Å². The Morgan fingerprint density at radius 3 is 1.09 bits per heavy atom. The van der Waals surface area contributed by atoms with Crippen LogP contribution in [0.2, 0.25) is 0 Å². The second-order valence-corrected chi connectivity index (χ2v) is 23.6. The number of fused-ring (bicyclic) bond motifs is 13. The van der Waals surface area contributed by atoms with Crippen molar-refractivity contribution in [1.82, 2.24) is 9.13 Å². The van der Waals surface area contributed by atoms with Crippen molar-refractivity contribution in [3.63, 3.8) is 0 Å². The van der Waals surface area contributed by atoms with Gasteiger partial charge in [-0.1, -0.05) is 257 Å². The maximum atomic E-state index is 2.42. The Labute approximate surface area is 493 Å². The van der Waals surface area contributed by atoms with Gasteiger partial charge in [0.05, 0.1) is 22.1 Å². The van der Waals surface area contributed by atoms with E-state index >= 15 is 0 Å². The van der Waals surface area contributed by atoms with Crippen LogP contribution >= 0.6 is 0 Å². The Morgan fingerprint density at radius 1 is 0.259 bits per heavy atom. The molecule has 0 spiro atoms. The summed E-state index contributed by atoms with van der Waals surface area (Å²) in [4.78, 5) is 0. The van der Waals surface area contributed by atoms with Crippen molar-refractivity contribution in [1.29, 1.82) is 0 Å². The predicted molar refractivity (Wildman–Crippen MR) is 364 cm³/mol. The van der Waals surface area contributed by atoms with Gasteiger partial charge in [-0.2, -0.15) is 0 Å². The molecule has 1 aliphatic carbocycles. The fourth-order valence-electron chi connectivity index (χ4n) is 14.3. The minimum Gasteiger partial charge on any atom is -0.309 e. The molecule has 2 heteroatoms. The van der Waals surface area contributed by atoms with Crippen molar-refractivity contribution in [3.8, 4) is 44.8 Å². The zero-order valence-corrected chi connectivity index (χ0v) is 47.3. The zero-order valence-electron chi connectivity index (χ0n) is 47.3. The molecule has 2 nitrogen and oxygen atoms in total. The molecule has 0 amide bonds. The van der Waals surface area contributed by atoms with Crippen LogP contribution in [0.4, 0.5) is 0 Å². The van der Waals surface area contributed by atoms with E-state index in [1.54, 1.807) is 0 Å². The molecule has 14 aromatic carbocycles. The van der Waals surface area contributed by atoms with E-state index in [1.165, 1.54) is 165 Å². The third-order valence-corrected chi connectivity index (χ3v) is 18.5. The first kappa shape index (κ1) is 48.9. The molecule has 398 valence electrons. The monoisotopic (exact) mass is 1080 g/mol. The van der Waals surface area contributed by atoms with Crippen LogP contribution in [0.25, 0.3) is 156 Å². The highest BCUT2D eigenvalue weighted by molar-refractivity contribution is 6.14. The molecular formula is C83H56N2. The van der Waals surface area contributed by atoms with Crippen LogP contribution in [0.5, 0.6) is 0 Å². The van der Waals surface area contributed by atoms with Gasteiger partial charge in [0.1, 0.15) is 0 Å². The highest BCUT2D eigenvalue weighted by Gasteiger charge is 2.35. The normalized spacial score (nSPS) is 13.1. The molecule has 1 aliphatic rings. The van der Waals surface area contributed by atoms with Crippen LogP contribution in [0.15, 0.2) is 279 Å². The average Bonchev–Trinajstić information content (AvgIpc) is 1.98. The number of aromatic nitrogens is 2. The van der Waals surface area contributed by atoms with E-state index in [9.17, 15) is 0 Å². The summed E-state index contributed by atoms with van der Waals surface area (Å²) >= 11 is 0. The molecule has 0 saturated carbocycles. The molecule has 0 fully saturated rings.